The molecule has 0 unspecified atom stereocenters. The maximum absolute atomic E-state index is 10.9. The van der Waals surface area contributed by atoms with E-state index in [1.807, 2.05) is 0 Å². The first kappa shape index (κ1) is 12.1. The Bertz CT molecular complexity index is 595. The van der Waals surface area contributed by atoms with Gasteiger partial charge in [-0.1, -0.05) is 24.3 Å². The molecule has 0 radical (unpaired) electrons. The van der Waals surface area contributed by atoms with E-state index in [4.69, 9.17) is 5.11 Å². The van der Waals surface area contributed by atoms with Gasteiger partial charge in [0.2, 0.25) is 0 Å². The zero-order chi connectivity index (χ0) is 13.1. The van der Waals surface area contributed by atoms with E-state index in [1.165, 1.54) is 18.2 Å². The van der Waals surface area contributed by atoms with Gasteiger partial charge in [0.25, 0.3) is 5.69 Å². The molecule has 0 aliphatic heterocycles. The van der Waals surface area contributed by atoms with E-state index < -0.39 is 11.5 Å². The van der Waals surface area contributed by atoms with Crippen LogP contribution in [0.1, 0.15) is 5.56 Å². The van der Waals surface area contributed by atoms with Crippen LogP contribution in [-0.2, 0) is 6.61 Å². The Labute approximate surface area is 103 Å². The number of hydrogen-bond acceptors (Lipinski definition) is 4. The molecule has 2 aromatic rings. The minimum atomic E-state index is -0.547. The molecule has 2 N–H and O–H groups in total. The molecule has 0 heterocycles. The van der Waals surface area contributed by atoms with Gasteiger partial charge in [-0.15, -0.1) is 0 Å². The van der Waals surface area contributed by atoms with Gasteiger partial charge in [0.1, 0.15) is 5.75 Å². The molecule has 0 atom stereocenters. The van der Waals surface area contributed by atoms with Crippen LogP contribution >= 0.6 is 0 Å². The van der Waals surface area contributed by atoms with Gasteiger partial charge in [0.05, 0.1) is 17.1 Å². The minimum absolute atomic E-state index is 0.0588. The van der Waals surface area contributed by atoms with E-state index in [1.54, 1.807) is 24.3 Å². The zero-order valence-electron chi connectivity index (χ0n) is 9.41. The zero-order valence-corrected chi connectivity index (χ0v) is 9.41. The summed E-state index contributed by atoms with van der Waals surface area (Å²) in [6.07, 6.45) is 0. The number of nitrogens with zero attached hydrogens (tertiary/aromatic N) is 1. The van der Waals surface area contributed by atoms with Crippen LogP contribution in [0.15, 0.2) is 42.5 Å². The number of aliphatic hydroxyl groups excluding tert-OH is 1. The molecule has 2 aromatic carbocycles. The summed E-state index contributed by atoms with van der Waals surface area (Å²) in [5.41, 5.74) is 1.15. The van der Waals surface area contributed by atoms with E-state index in [2.05, 4.69) is 0 Å². The van der Waals surface area contributed by atoms with E-state index in [0.717, 1.165) is 0 Å². The molecule has 0 fully saturated rings. The lowest BCUT2D eigenvalue weighted by atomic mass is 10.0. The molecule has 0 saturated carbocycles. The largest absolute Gasteiger partial charge is 0.507 e. The number of nitro groups is 1. The van der Waals surface area contributed by atoms with E-state index in [0.29, 0.717) is 11.1 Å². The third-order valence-electron chi connectivity index (χ3n) is 2.67. The Morgan fingerprint density at radius 1 is 1.17 bits per heavy atom. The molecular formula is C13H11NO4. The molecule has 0 aliphatic carbocycles. The number of benzene rings is 2. The van der Waals surface area contributed by atoms with Crippen LogP contribution < -0.4 is 0 Å². The van der Waals surface area contributed by atoms with Crippen molar-refractivity contribution in [3.8, 4) is 16.9 Å². The summed E-state index contributed by atoms with van der Waals surface area (Å²) in [5, 5.41) is 29.6. The van der Waals surface area contributed by atoms with Crippen LogP contribution in [0.25, 0.3) is 11.1 Å². The van der Waals surface area contributed by atoms with Crippen LogP contribution in [0.4, 0.5) is 5.69 Å². The second-order valence-electron chi connectivity index (χ2n) is 3.78. The maximum Gasteiger partial charge on any atom is 0.275 e. The van der Waals surface area contributed by atoms with Crippen molar-refractivity contribution in [1.29, 1.82) is 0 Å². The molecule has 2 rings (SSSR count). The molecule has 0 saturated heterocycles. The second kappa shape index (κ2) is 4.85. The topological polar surface area (TPSA) is 83.6 Å². The number of phenolic OH excluding ortho intramolecular Hbond substituents is 1. The number of aromatic hydroxyl groups is 1. The van der Waals surface area contributed by atoms with E-state index in [9.17, 15) is 15.2 Å². The van der Waals surface area contributed by atoms with Gasteiger partial charge >= 0.3 is 0 Å². The van der Waals surface area contributed by atoms with E-state index in [-0.39, 0.29) is 17.0 Å². The van der Waals surface area contributed by atoms with Gasteiger partial charge in [0.15, 0.2) is 0 Å². The molecule has 5 heteroatoms. The molecule has 0 bridgehead atoms. The molecule has 92 valence electrons. The van der Waals surface area contributed by atoms with Crippen LogP contribution in [0.3, 0.4) is 0 Å². The Morgan fingerprint density at radius 2 is 1.89 bits per heavy atom. The number of aliphatic hydroxyl groups is 1. The van der Waals surface area contributed by atoms with Crippen molar-refractivity contribution in [2.45, 2.75) is 6.61 Å². The second-order valence-corrected chi connectivity index (χ2v) is 3.78. The summed E-state index contributed by atoms with van der Waals surface area (Å²) >= 11 is 0. The Kier molecular flexibility index (Phi) is 3.25. The third-order valence-corrected chi connectivity index (χ3v) is 2.67. The van der Waals surface area contributed by atoms with Crippen molar-refractivity contribution in [2.75, 3.05) is 0 Å². The standard InChI is InChI=1S/C13H11NO4/c15-8-10-6-5-9(7-12(10)14(17)18)11-3-1-2-4-13(11)16/h1-7,15-16H,8H2. The SMILES string of the molecule is O=[N+]([O-])c1cc(-c2ccccc2O)ccc1CO. The first-order chi connectivity index (χ1) is 8.63. The molecule has 0 aliphatic rings. The summed E-state index contributed by atoms with van der Waals surface area (Å²) in [7, 11) is 0. The van der Waals surface area contributed by atoms with Crippen LogP contribution in [0.2, 0.25) is 0 Å². The Morgan fingerprint density at radius 3 is 2.50 bits per heavy atom. The number of nitro benzene ring substituents is 1. The van der Waals surface area contributed by atoms with Gasteiger partial charge in [-0.25, -0.2) is 0 Å². The lowest BCUT2D eigenvalue weighted by Gasteiger charge is -2.06. The highest BCUT2D eigenvalue weighted by atomic mass is 16.6. The first-order valence-corrected chi connectivity index (χ1v) is 5.30. The lowest BCUT2D eigenvalue weighted by molar-refractivity contribution is -0.385. The van der Waals surface area contributed by atoms with Crippen LogP contribution in [-0.4, -0.2) is 15.1 Å². The number of hydrogen-bond donors (Lipinski definition) is 2. The van der Waals surface area contributed by atoms with E-state index >= 15 is 0 Å². The Hall–Kier alpha value is -2.40. The van der Waals surface area contributed by atoms with Crippen molar-refractivity contribution in [3.63, 3.8) is 0 Å². The molecule has 0 aromatic heterocycles. The maximum atomic E-state index is 10.9. The van der Waals surface area contributed by atoms with Crippen molar-refractivity contribution in [3.05, 3.63) is 58.1 Å². The van der Waals surface area contributed by atoms with Gasteiger partial charge in [0, 0.05) is 11.6 Å². The molecule has 0 amide bonds. The average molecular weight is 245 g/mol. The van der Waals surface area contributed by atoms with Crippen LogP contribution in [0, 0.1) is 10.1 Å². The summed E-state index contributed by atoms with van der Waals surface area (Å²) in [6, 6.07) is 11.1. The summed E-state index contributed by atoms with van der Waals surface area (Å²) in [5.74, 6) is 0.0588. The van der Waals surface area contributed by atoms with Crippen molar-refractivity contribution < 1.29 is 15.1 Å². The molecular weight excluding hydrogens is 234 g/mol. The average Bonchev–Trinajstić information content (AvgIpc) is 2.38. The monoisotopic (exact) mass is 245 g/mol. The normalized spacial score (nSPS) is 10.3. The van der Waals surface area contributed by atoms with Crippen LogP contribution in [0.5, 0.6) is 5.75 Å². The predicted octanol–water partition coefficient (Wildman–Crippen LogP) is 2.46. The van der Waals surface area contributed by atoms with Gasteiger partial charge in [-0.2, -0.15) is 0 Å². The molecule has 0 spiro atoms. The number of phenols is 1. The smallest absolute Gasteiger partial charge is 0.275 e. The Balaban J connectivity index is 2.57. The van der Waals surface area contributed by atoms with Crippen molar-refractivity contribution in [2.24, 2.45) is 0 Å². The number of rotatable bonds is 3. The number of para-hydroxylation sites is 1. The lowest BCUT2D eigenvalue weighted by Crippen LogP contribution is -1.95. The fourth-order valence-electron chi connectivity index (χ4n) is 1.75. The van der Waals surface area contributed by atoms with Crippen molar-refractivity contribution in [1.82, 2.24) is 0 Å². The summed E-state index contributed by atoms with van der Waals surface area (Å²) in [4.78, 5) is 10.3. The van der Waals surface area contributed by atoms with Gasteiger partial charge in [-0.05, 0) is 17.7 Å². The third kappa shape index (κ3) is 2.16. The van der Waals surface area contributed by atoms with Crippen molar-refractivity contribution >= 4 is 5.69 Å². The minimum Gasteiger partial charge on any atom is -0.507 e. The highest BCUT2D eigenvalue weighted by Crippen LogP contribution is 2.32. The first-order valence-electron chi connectivity index (χ1n) is 5.30. The fraction of sp³-hybridized carbons (Fsp3) is 0.0769. The quantitative estimate of drug-likeness (QED) is 0.642. The fourth-order valence-corrected chi connectivity index (χ4v) is 1.75. The van der Waals surface area contributed by atoms with Gasteiger partial charge in [-0.3, -0.25) is 10.1 Å². The highest BCUT2D eigenvalue weighted by molar-refractivity contribution is 5.72. The highest BCUT2D eigenvalue weighted by Gasteiger charge is 2.15. The molecule has 5 nitrogen and oxygen atoms in total. The van der Waals surface area contributed by atoms with Gasteiger partial charge < -0.3 is 10.2 Å². The predicted molar refractivity (Wildman–Crippen MR) is 66.1 cm³/mol. The summed E-state index contributed by atoms with van der Waals surface area (Å²) < 4.78 is 0. The summed E-state index contributed by atoms with van der Waals surface area (Å²) in [6.45, 7) is -0.392. The molecule has 18 heavy (non-hydrogen) atoms.